The van der Waals surface area contributed by atoms with Gasteiger partial charge in [-0.3, -0.25) is 9.69 Å². The predicted molar refractivity (Wildman–Crippen MR) is 82.8 cm³/mol. The largest absolute Gasteiger partial charge is 0.379 e. The molecule has 1 aromatic rings. The normalized spacial score (nSPS) is 15.9. The number of ether oxygens (including phenoxy) is 1. The van der Waals surface area contributed by atoms with E-state index in [9.17, 15) is 9.18 Å². The molecule has 1 N–H and O–H groups in total. The van der Waals surface area contributed by atoms with E-state index in [1.165, 1.54) is 23.9 Å². The van der Waals surface area contributed by atoms with E-state index in [0.29, 0.717) is 12.3 Å². The van der Waals surface area contributed by atoms with Gasteiger partial charge in [-0.25, -0.2) is 4.39 Å². The lowest BCUT2D eigenvalue weighted by Crippen LogP contribution is -2.41. The smallest absolute Gasteiger partial charge is 0.230 e. The number of amides is 1. The molecule has 1 aromatic carbocycles. The van der Waals surface area contributed by atoms with Crippen molar-refractivity contribution in [3.63, 3.8) is 0 Å². The van der Waals surface area contributed by atoms with Gasteiger partial charge in [-0.1, -0.05) is 12.1 Å². The SMILES string of the molecule is O=C(CSCc1ccc(F)cc1)NCCN1CCOCC1. The molecule has 1 aliphatic heterocycles. The van der Waals surface area contributed by atoms with Crippen LogP contribution in [0.25, 0.3) is 0 Å². The Bertz CT molecular complexity index is 436. The van der Waals surface area contributed by atoms with E-state index in [-0.39, 0.29) is 11.7 Å². The highest BCUT2D eigenvalue weighted by molar-refractivity contribution is 7.99. The van der Waals surface area contributed by atoms with Gasteiger partial charge in [0.1, 0.15) is 5.82 Å². The summed E-state index contributed by atoms with van der Waals surface area (Å²) in [5.41, 5.74) is 1.03. The Kier molecular flexibility index (Phi) is 6.99. The van der Waals surface area contributed by atoms with Crippen LogP contribution in [0.2, 0.25) is 0 Å². The van der Waals surface area contributed by atoms with Crippen LogP contribution >= 0.6 is 11.8 Å². The lowest BCUT2D eigenvalue weighted by atomic mass is 10.2. The zero-order valence-electron chi connectivity index (χ0n) is 12.0. The molecule has 0 atom stereocenters. The second kappa shape index (κ2) is 9.02. The van der Waals surface area contributed by atoms with Gasteiger partial charge in [0.05, 0.1) is 19.0 Å². The number of morpholine rings is 1. The highest BCUT2D eigenvalue weighted by Crippen LogP contribution is 2.12. The molecular weight excluding hydrogens is 291 g/mol. The zero-order chi connectivity index (χ0) is 14.9. The van der Waals surface area contributed by atoms with Crippen molar-refractivity contribution < 1.29 is 13.9 Å². The van der Waals surface area contributed by atoms with E-state index in [2.05, 4.69) is 10.2 Å². The van der Waals surface area contributed by atoms with Gasteiger partial charge in [-0.05, 0) is 17.7 Å². The molecular formula is C15H21FN2O2S. The van der Waals surface area contributed by atoms with Crippen LogP contribution in [0.3, 0.4) is 0 Å². The summed E-state index contributed by atoms with van der Waals surface area (Å²) in [4.78, 5) is 14.0. The maximum atomic E-state index is 12.7. The minimum atomic E-state index is -0.232. The summed E-state index contributed by atoms with van der Waals surface area (Å²) in [7, 11) is 0. The van der Waals surface area contributed by atoms with Gasteiger partial charge in [0.15, 0.2) is 0 Å². The summed E-state index contributed by atoms with van der Waals surface area (Å²) in [5, 5.41) is 2.92. The zero-order valence-corrected chi connectivity index (χ0v) is 12.8. The van der Waals surface area contributed by atoms with E-state index in [0.717, 1.165) is 44.2 Å². The number of benzene rings is 1. The van der Waals surface area contributed by atoms with Gasteiger partial charge in [0.25, 0.3) is 0 Å². The molecule has 1 aliphatic rings. The van der Waals surface area contributed by atoms with Gasteiger partial charge in [-0.2, -0.15) is 0 Å². The first kappa shape index (κ1) is 16.3. The van der Waals surface area contributed by atoms with Gasteiger partial charge in [0.2, 0.25) is 5.91 Å². The fraction of sp³-hybridized carbons (Fsp3) is 0.533. The lowest BCUT2D eigenvalue weighted by Gasteiger charge is -2.26. The Hall–Kier alpha value is -1.11. The van der Waals surface area contributed by atoms with Crippen LogP contribution in [0.4, 0.5) is 4.39 Å². The molecule has 6 heteroatoms. The number of thioether (sulfide) groups is 1. The average Bonchev–Trinajstić information content (AvgIpc) is 2.50. The van der Waals surface area contributed by atoms with Crippen molar-refractivity contribution in [2.45, 2.75) is 5.75 Å². The number of hydrogen-bond donors (Lipinski definition) is 1. The molecule has 0 bridgehead atoms. The van der Waals surface area contributed by atoms with Crippen molar-refractivity contribution in [1.29, 1.82) is 0 Å². The monoisotopic (exact) mass is 312 g/mol. The summed E-state index contributed by atoms with van der Waals surface area (Å²) < 4.78 is 18.0. The first-order chi connectivity index (χ1) is 10.2. The second-order valence-corrected chi connectivity index (χ2v) is 5.91. The lowest BCUT2D eigenvalue weighted by molar-refractivity contribution is -0.118. The summed E-state index contributed by atoms with van der Waals surface area (Å²) in [6.45, 7) is 4.99. The maximum Gasteiger partial charge on any atom is 0.230 e. The van der Waals surface area contributed by atoms with E-state index < -0.39 is 0 Å². The maximum absolute atomic E-state index is 12.7. The average molecular weight is 312 g/mol. The Morgan fingerprint density at radius 2 is 2.00 bits per heavy atom. The number of carbonyl (C=O) groups excluding carboxylic acids is 1. The van der Waals surface area contributed by atoms with Crippen molar-refractivity contribution >= 4 is 17.7 Å². The molecule has 116 valence electrons. The predicted octanol–water partition coefficient (Wildman–Crippen LogP) is 1.51. The van der Waals surface area contributed by atoms with Crippen LogP contribution in [0.5, 0.6) is 0 Å². The molecule has 2 rings (SSSR count). The van der Waals surface area contributed by atoms with Crippen LogP contribution in [0.15, 0.2) is 24.3 Å². The van der Waals surface area contributed by atoms with E-state index in [4.69, 9.17) is 4.74 Å². The molecule has 1 amide bonds. The molecule has 0 radical (unpaired) electrons. The topological polar surface area (TPSA) is 41.6 Å². The highest BCUT2D eigenvalue weighted by atomic mass is 32.2. The molecule has 0 spiro atoms. The molecule has 1 fully saturated rings. The van der Waals surface area contributed by atoms with Crippen molar-refractivity contribution in [1.82, 2.24) is 10.2 Å². The molecule has 21 heavy (non-hydrogen) atoms. The summed E-state index contributed by atoms with van der Waals surface area (Å²) in [5.74, 6) is 0.970. The molecule has 0 aliphatic carbocycles. The van der Waals surface area contributed by atoms with Gasteiger partial charge >= 0.3 is 0 Å². The number of hydrogen-bond acceptors (Lipinski definition) is 4. The third-order valence-corrected chi connectivity index (χ3v) is 4.27. The van der Waals surface area contributed by atoms with E-state index in [1.54, 1.807) is 12.1 Å². The number of nitrogens with zero attached hydrogens (tertiary/aromatic N) is 1. The molecule has 1 heterocycles. The summed E-state index contributed by atoms with van der Waals surface area (Å²) in [6, 6.07) is 6.38. The Labute approximate surface area is 129 Å². The Morgan fingerprint density at radius 1 is 1.29 bits per heavy atom. The van der Waals surface area contributed by atoms with Crippen LogP contribution < -0.4 is 5.32 Å². The van der Waals surface area contributed by atoms with E-state index in [1.807, 2.05) is 0 Å². The first-order valence-electron chi connectivity index (χ1n) is 7.13. The van der Waals surface area contributed by atoms with Gasteiger partial charge in [-0.15, -0.1) is 11.8 Å². The molecule has 0 unspecified atom stereocenters. The van der Waals surface area contributed by atoms with Crippen molar-refractivity contribution in [3.05, 3.63) is 35.6 Å². The minimum Gasteiger partial charge on any atom is -0.379 e. The van der Waals surface area contributed by atoms with Crippen LogP contribution in [-0.4, -0.2) is 56.0 Å². The van der Waals surface area contributed by atoms with Crippen LogP contribution in [0.1, 0.15) is 5.56 Å². The molecule has 1 saturated heterocycles. The van der Waals surface area contributed by atoms with Crippen LogP contribution in [0, 0.1) is 5.82 Å². The van der Waals surface area contributed by atoms with Crippen molar-refractivity contribution in [3.8, 4) is 0 Å². The third kappa shape index (κ3) is 6.46. The highest BCUT2D eigenvalue weighted by Gasteiger charge is 2.10. The van der Waals surface area contributed by atoms with Gasteiger partial charge in [0, 0.05) is 31.9 Å². The minimum absolute atomic E-state index is 0.0513. The molecule has 0 saturated carbocycles. The van der Waals surface area contributed by atoms with E-state index >= 15 is 0 Å². The standard InChI is InChI=1S/C15H21FN2O2S/c16-14-3-1-13(2-4-14)11-21-12-15(19)17-5-6-18-7-9-20-10-8-18/h1-4H,5-12H2,(H,17,19). The molecule has 0 aromatic heterocycles. The Morgan fingerprint density at radius 3 is 2.71 bits per heavy atom. The number of carbonyl (C=O) groups is 1. The quantitative estimate of drug-likeness (QED) is 0.829. The number of halogens is 1. The van der Waals surface area contributed by atoms with Crippen molar-refractivity contribution in [2.24, 2.45) is 0 Å². The van der Waals surface area contributed by atoms with Crippen molar-refractivity contribution in [2.75, 3.05) is 45.1 Å². The summed E-state index contributed by atoms with van der Waals surface area (Å²) >= 11 is 1.54. The third-order valence-electron chi connectivity index (χ3n) is 3.27. The van der Waals surface area contributed by atoms with Crippen LogP contribution in [-0.2, 0) is 15.3 Å². The summed E-state index contributed by atoms with van der Waals surface area (Å²) in [6.07, 6.45) is 0. The second-order valence-electron chi connectivity index (χ2n) is 4.92. The first-order valence-corrected chi connectivity index (χ1v) is 8.28. The molecule has 4 nitrogen and oxygen atoms in total. The number of nitrogens with one attached hydrogen (secondary N) is 1. The number of rotatable bonds is 7. The fourth-order valence-electron chi connectivity index (χ4n) is 2.07. The fourth-order valence-corrected chi connectivity index (χ4v) is 2.89. The van der Waals surface area contributed by atoms with Gasteiger partial charge < -0.3 is 10.1 Å². The Balaban J connectivity index is 1.54.